The molecule has 1 aromatic heterocycles. The van der Waals surface area contributed by atoms with Crippen molar-refractivity contribution in [2.45, 2.75) is 32.3 Å². The minimum Gasteiger partial charge on any atom is -0.388 e. The molecule has 1 aliphatic heterocycles. The molecule has 6 heteroatoms. The molecule has 2 rings (SSSR count). The predicted molar refractivity (Wildman–Crippen MR) is 69.7 cm³/mol. The second-order valence-corrected chi connectivity index (χ2v) is 4.94. The van der Waals surface area contributed by atoms with Crippen LogP contribution in [-0.4, -0.2) is 40.7 Å². The summed E-state index contributed by atoms with van der Waals surface area (Å²) in [7, 11) is 0. The van der Waals surface area contributed by atoms with Gasteiger partial charge in [-0.05, 0) is 19.4 Å². The first kappa shape index (κ1) is 13.7. The van der Waals surface area contributed by atoms with Gasteiger partial charge in [0.1, 0.15) is 11.6 Å². The highest BCUT2D eigenvalue weighted by Gasteiger charge is 2.30. The van der Waals surface area contributed by atoms with Gasteiger partial charge in [-0.1, -0.05) is 0 Å². The molecule has 0 atom stereocenters. The quantitative estimate of drug-likeness (QED) is 0.841. The standard InChI is InChI=1S/C13H18N4O2/c1-9-10(2)16-17-12(11(9)7-14)15-8-13(18)3-5-19-6-4-13/h18H,3-6,8H2,1-2H3,(H,15,17). The molecule has 0 bridgehead atoms. The first-order chi connectivity index (χ1) is 9.06. The van der Waals surface area contributed by atoms with E-state index in [1.54, 1.807) is 0 Å². The fourth-order valence-corrected chi connectivity index (χ4v) is 2.05. The van der Waals surface area contributed by atoms with Crippen LogP contribution in [0.1, 0.15) is 29.7 Å². The van der Waals surface area contributed by atoms with Crippen LogP contribution in [-0.2, 0) is 4.74 Å². The number of anilines is 1. The monoisotopic (exact) mass is 262 g/mol. The minimum atomic E-state index is -0.800. The molecule has 1 saturated heterocycles. The average Bonchev–Trinajstić information content (AvgIpc) is 2.41. The topological polar surface area (TPSA) is 91.1 Å². The van der Waals surface area contributed by atoms with Gasteiger partial charge in [0.15, 0.2) is 5.82 Å². The van der Waals surface area contributed by atoms with Gasteiger partial charge in [-0.2, -0.15) is 10.4 Å². The Bertz CT molecular complexity index is 504. The molecule has 0 radical (unpaired) electrons. The third kappa shape index (κ3) is 3.00. The summed E-state index contributed by atoms with van der Waals surface area (Å²) in [6.07, 6.45) is 1.17. The van der Waals surface area contributed by atoms with Crippen molar-refractivity contribution in [2.24, 2.45) is 0 Å². The zero-order valence-corrected chi connectivity index (χ0v) is 11.2. The van der Waals surface area contributed by atoms with Crippen LogP contribution in [0.5, 0.6) is 0 Å². The van der Waals surface area contributed by atoms with Crippen LogP contribution in [0.15, 0.2) is 0 Å². The van der Waals surface area contributed by atoms with Crippen molar-refractivity contribution in [1.29, 1.82) is 5.26 Å². The van der Waals surface area contributed by atoms with Gasteiger partial charge in [-0.15, -0.1) is 5.10 Å². The van der Waals surface area contributed by atoms with Gasteiger partial charge in [0.2, 0.25) is 0 Å². The number of rotatable bonds is 3. The normalized spacial score (nSPS) is 17.8. The van der Waals surface area contributed by atoms with Crippen molar-refractivity contribution in [2.75, 3.05) is 25.1 Å². The lowest BCUT2D eigenvalue weighted by molar-refractivity contribution is -0.0543. The highest BCUT2D eigenvalue weighted by molar-refractivity contribution is 5.55. The van der Waals surface area contributed by atoms with E-state index in [0.717, 1.165) is 11.3 Å². The number of hydrogen-bond acceptors (Lipinski definition) is 6. The van der Waals surface area contributed by atoms with Crippen LogP contribution in [0.25, 0.3) is 0 Å². The number of nitrogens with zero attached hydrogens (tertiary/aromatic N) is 3. The Kier molecular flexibility index (Phi) is 3.98. The lowest BCUT2D eigenvalue weighted by Gasteiger charge is -2.32. The van der Waals surface area contributed by atoms with Crippen LogP contribution in [0.2, 0.25) is 0 Å². The molecule has 2 N–H and O–H groups in total. The van der Waals surface area contributed by atoms with Gasteiger partial charge in [0, 0.05) is 32.6 Å². The maximum absolute atomic E-state index is 10.3. The second kappa shape index (κ2) is 5.51. The summed E-state index contributed by atoms with van der Waals surface area (Å²) in [4.78, 5) is 0. The molecule has 0 aliphatic carbocycles. The van der Waals surface area contributed by atoms with E-state index in [-0.39, 0.29) is 0 Å². The molecule has 1 aliphatic rings. The largest absolute Gasteiger partial charge is 0.388 e. The zero-order chi connectivity index (χ0) is 13.9. The number of nitrogens with one attached hydrogen (secondary N) is 1. The fourth-order valence-electron chi connectivity index (χ4n) is 2.05. The van der Waals surface area contributed by atoms with E-state index in [9.17, 15) is 10.4 Å². The first-order valence-electron chi connectivity index (χ1n) is 6.34. The molecule has 19 heavy (non-hydrogen) atoms. The molecule has 0 spiro atoms. The molecule has 0 unspecified atom stereocenters. The summed E-state index contributed by atoms with van der Waals surface area (Å²) in [6.45, 7) is 5.13. The minimum absolute atomic E-state index is 0.349. The Hall–Kier alpha value is -1.71. The molecule has 0 amide bonds. The van der Waals surface area contributed by atoms with Crippen LogP contribution in [0, 0.1) is 25.2 Å². The van der Waals surface area contributed by atoms with Crippen molar-refractivity contribution in [3.63, 3.8) is 0 Å². The van der Waals surface area contributed by atoms with Gasteiger partial charge in [0.25, 0.3) is 0 Å². The van der Waals surface area contributed by atoms with E-state index in [0.29, 0.717) is 44.0 Å². The smallest absolute Gasteiger partial charge is 0.167 e. The van der Waals surface area contributed by atoms with E-state index >= 15 is 0 Å². The summed E-state index contributed by atoms with van der Waals surface area (Å²) in [5.74, 6) is 0.436. The Morgan fingerprint density at radius 2 is 2.05 bits per heavy atom. The molecule has 2 heterocycles. The zero-order valence-electron chi connectivity index (χ0n) is 11.2. The van der Waals surface area contributed by atoms with Crippen molar-refractivity contribution in [3.8, 4) is 6.07 Å². The SMILES string of the molecule is Cc1nnc(NCC2(O)CCOCC2)c(C#N)c1C. The summed E-state index contributed by atoms with van der Waals surface area (Å²) < 4.78 is 5.23. The van der Waals surface area contributed by atoms with Crippen LogP contribution in [0.4, 0.5) is 5.82 Å². The van der Waals surface area contributed by atoms with Crippen molar-refractivity contribution in [1.82, 2.24) is 10.2 Å². The maximum Gasteiger partial charge on any atom is 0.167 e. The van der Waals surface area contributed by atoms with Gasteiger partial charge in [-0.3, -0.25) is 0 Å². The molecule has 0 saturated carbocycles. The maximum atomic E-state index is 10.3. The molecule has 6 nitrogen and oxygen atoms in total. The van der Waals surface area contributed by atoms with E-state index < -0.39 is 5.60 Å². The number of nitriles is 1. The Balaban J connectivity index is 2.12. The number of aliphatic hydroxyl groups is 1. The third-order valence-corrected chi connectivity index (χ3v) is 3.57. The predicted octanol–water partition coefficient (Wildman–Crippen LogP) is 0.919. The molecule has 102 valence electrons. The average molecular weight is 262 g/mol. The Morgan fingerprint density at radius 3 is 2.68 bits per heavy atom. The Labute approximate surface area is 112 Å². The summed E-state index contributed by atoms with van der Waals surface area (Å²) >= 11 is 0. The highest BCUT2D eigenvalue weighted by Crippen LogP contribution is 2.22. The van der Waals surface area contributed by atoms with Gasteiger partial charge >= 0.3 is 0 Å². The van der Waals surface area contributed by atoms with Crippen molar-refractivity contribution in [3.05, 3.63) is 16.8 Å². The third-order valence-electron chi connectivity index (χ3n) is 3.57. The molecule has 1 fully saturated rings. The summed E-state index contributed by atoms with van der Waals surface area (Å²) in [5, 5.41) is 30.6. The van der Waals surface area contributed by atoms with E-state index in [2.05, 4.69) is 21.6 Å². The lowest BCUT2D eigenvalue weighted by atomic mass is 9.94. The van der Waals surface area contributed by atoms with Gasteiger partial charge in [-0.25, -0.2) is 0 Å². The van der Waals surface area contributed by atoms with Crippen LogP contribution < -0.4 is 5.32 Å². The summed E-state index contributed by atoms with van der Waals surface area (Å²) in [6, 6.07) is 2.13. The highest BCUT2D eigenvalue weighted by atomic mass is 16.5. The molecular formula is C13H18N4O2. The fraction of sp³-hybridized carbons (Fsp3) is 0.615. The van der Waals surface area contributed by atoms with E-state index in [4.69, 9.17) is 4.74 Å². The van der Waals surface area contributed by atoms with Gasteiger partial charge in [0.05, 0.1) is 11.3 Å². The molecule has 0 aromatic carbocycles. The lowest BCUT2D eigenvalue weighted by Crippen LogP contribution is -2.42. The number of aromatic nitrogens is 2. The van der Waals surface area contributed by atoms with E-state index in [1.807, 2.05) is 13.8 Å². The van der Waals surface area contributed by atoms with Crippen molar-refractivity contribution < 1.29 is 9.84 Å². The Morgan fingerprint density at radius 1 is 1.37 bits per heavy atom. The van der Waals surface area contributed by atoms with Crippen LogP contribution >= 0.6 is 0 Å². The first-order valence-corrected chi connectivity index (χ1v) is 6.34. The summed E-state index contributed by atoms with van der Waals surface area (Å²) in [5.41, 5.74) is 1.25. The molecule has 1 aromatic rings. The second-order valence-electron chi connectivity index (χ2n) is 4.94. The van der Waals surface area contributed by atoms with Crippen LogP contribution in [0.3, 0.4) is 0 Å². The number of ether oxygens (including phenoxy) is 1. The number of aryl methyl sites for hydroxylation is 1. The van der Waals surface area contributed by atoms with Crippen molar-refractivity contribution >= 4 is 5.82 Å². The number of hydrogen-bond donors (Lipinski definition) is 2. The van der Waals surface area contributed by atoms with Gasteiger partial charge < -0.3 is 15.2 Å². The van der Waals surface area contributed by atoms with E-state index in [1.165, 1.54) is 0 Å². The molecular weight excluding hydrogens is 244 g/mol.